The molecule has 2 aromatic heterocycles. The van der Waals surface area contributed by atoms with Crippen LogP contribution in [-0.2, 0) is 12.7 Å². The Balaban J connectivity index is 1.95. The van der Waals surface area contributed by atoms with Gasteiger partial charge in [0.05, 0.1) is 12.6 Å². The molecule has 1 atom stereocenters. The number of nitrogens with one attached hydrogen (secondary N) is 2. The topological polar surface area (TPSA) is 82.4 Å². The SMILES string of the molecule is CCNC(=NCc1nc(C(F)(F)F)cs1)NCC(O)c1ccncc1. The van der Waals surface area contributed by atoms with Gasteiger partial charge in [-0.2, -0.15) is 13.2 Å². The number of aliphatic hydroxyl groups excluding tert-OH is 1. The zero-order valence-corrected chi connectivity index (χ0v) is 14.2. The van der Waals surface area contributed by atoms with Crippen molar-refractivity contribution in [2.75, 3.05) is 13.1 Å². The Morgan fingerprint density at radius 2 is 2.04 bits per heavy atom. The van der Waals surface area contributed by atoms with Crippen molar-refractivity contribution in [3.63, 3.8) is 0 Å². The van der Waals surface area contributed by atoms with Crippen molar-refractivity contribution in [3.05, 3.63) is 46.2 Å². The minimum atomic E-state index is -4.45. The van der Waals surface area contributed by atoms with Crippen LogP contribution in [0.2, 0.25) is 0 Å². The number of thiazole rings is 1. The zero-order chi connectivity index (χ0) is 18.3. The Morgan fingerprint density at radius 1 is 1.32 bits per heavy atom. The molecule has 0 aromatic carbocycles. The molecule has 6 nitrogen and oxygen atoms in total. The van der Waals surface area contributed by atoms with E-state index >= 15 is 0 Å². The second kappa shape index (κ2) is 8.77. The van der Waals surface area contributed by atoms with Crippen molar-refractivity contribution in [2.24, 2.45) is 4.99 Å². The predicted molar refractivity (Wildman–Crippen MR) is 89.1 cm³/mol. The predicted octanol–water partition coefficient (Wildman–Crippen LogP) is 2.35. The molecule has 25 heavy (non-hydrogen) atoms. The van der Waals surface area contributed by atoms with E-state index in [0.717, 1.165) is 16.7 Å². The molecular formula is C15H18F3N5OS. The highest BCUT2D eigenvalue weighted by atomic mass is 32.1. The van der Waals surface area contributed by atoms with Gasteiger partial charge in [0.2, 0.25) is 0 Å². The van der Waals surface area contributed by atoms with Crippen LogP contribution in [-0.4, -0.2) is 34.1 Å². The van der Waals surface area contributed by atoms with Gasteiger partial charge in [-0.05, 0) is 24.6 Å². The minimum Gasteiger partial charge on any atom is -0.387 e. The van der Waals surface area contributed by atoms with Crippen LogP contribution in [0.25, 0.3) is 0 Å². The quantitative estimate of drug-likeness (QED) is 0.535. The van der Waals surface area contributed by atoms with E-state index in [1.54, 1.807) is 24.5 Å². The molecule has 0 amide bonds. The zero-order valence-electron chi connectivity index (χ0n) is 13.4. The van der Waals surface area contributed by atoms with E-state index in [1.807, 2.05) is 6.92 Å². The summed E-state index contributed by atoms with van der Waals surface area (Å²) in [4.78, 5) is 11.6. The van der Waals surface area contributed by atoms with E-state index in [4.69, 9.17) is 0 Å². The Labute approximate surface area is 146 Å². The van der Waals surface area contributed by atoms with Crippen molar-refractivity contribution < 1.29 is 18.3 Å². The average Bonchev–Trinajstić information content (AvgIpc) is 3.07. The fourth-order valence-electron chi connectivity index (χ4n) is 1.90. The van der Waals surface area contributed by atoms with E-state index in [-0.39, 0.29) is 18.1 Å². The maximum Gasteiger partial charge on any atom is 0.434 e. The molecular weight excluding hydrogens is 355 g/mol. The second-order valence-electron chi connectivity index (χ2n) is 5.00. The van der Waals surface area contributed by atoms with Crippen molar-refractivity contribution in [2.45, 2.75) is 25.7 Å². The number of aliphatic hydroxyl groups is 1. The van der Waals surface area contributed by atoms with Gasteiger partial charge in [-0.25, -0.2) is 9.98 Å². The van der Waals surface area contributed by atoms with Gasteiger partial charge in [0, 0.05) is 30.9 Å². The van der Waals surface area contributed by atoms with Gasteiger partial charge >= 0.3 is 6.18 Å². The molecule has 0 aliphatic heterocycles. The molecule has 0 bridgehead atoms. The lowest BCUT2D eigenvalue weighted by atomic mass is 10.1. The first kappa shape index (κ1) is 19.1. The number of pyridine rings is 1. The van der Waals surface area contributed by atoms with Crippen molar-refractivity contribution in [3.8, 4) is 0 Å². The summed E-state index contributed by atoms with van der Waals surface area (Å²) >= 11 is 0.908. The summed E-state index contributed by atoms with van der Waals surface area (Å²) in [6, 6.07) is 3.40. The summed E-state index contributed by atoms with van der Waals surface area (Å²) < 4.78 is 37.6. The number of hydrogen-bond donors (Lipinski definition) is 3. The number of guanidine groups is 1. The Bertz CT molecular complexity index is 690. The molecule has 2 rings (SSSR count). The van der Waals surface area contributed by atoms with Crippen LogP contribution in [0.15, 0.2) is 34.9 Å². The summed E-state index contributed by atoms with van der Waals surface area (Å²) in [5, 5.41) is 17.3. The van der Waals surface area contributed by atoms with E-state index in [9.17, 15) is 18.3 Å². The monoisotopic (exact) mass is 373 g/mol. The lowest BCUT2D eigenvalue weighted by Gasteiger charge is -2.15. The number of alkyl halides is 3. The van der Waals surface area contributed by atoms with Crippen molar-refractivity contribution >= 4 is 17.3 Å². The largest absolute Gasteiger partial charge is 0.434 e. The number of rotatable bonds is 6. The third kappa shape index (κ3) is 5.98. The maximum absolute atomic E-state index is 12.5. The second-order valence-corrected chi connectivity index (χ2v) is 5.94. The van der Waals surface area contributed by atoms with E-state index in [0.29, 0.717) is 18.1 Å². The Kier molecular flexibility index (Phi) is 6.71. The van der Waals surface area contributed by atoms with Gasteiger partial charge in [-0.15, -0.1) is 11.3 Å². The van der Waals surface area contributed by atoms with Gasteiger partial charge < -0.3 is 15.7 Å². The van der Waals surface area contributed by atoms with E-state index in [2.05, 4.69) is 25.6 Å². The van der Waals surface area contributed by atoms with Crippen LogP contribution in [0.4, 0.5) is 13.2 Å². The third-order valence-electron chi connectivity index (χ3n) is 3.11. The maximum atomic E-state index is 12.5. The Hall–Kier alpha value is -2.20. The first-order valence-electron chi connectivity index (χ1n) is 7.52. The van der Waals surface area contributed by atoms with Gasteiger partial charge in [-0.3, -0.25) is 4.98 Å². The lowest BCUT2D eigenvalue weighted by Crippen LogP contribution is -2.39. The van der Waals surface area contributed by atoms with Crippen LogP contribution in [0.5, 0.6) is 0 Å². The highest BCUT2D eigenvalue weighted by molar-refractivity contribution is 7.09. The van der Waals surface area contributed by atoms with Gasteiger partial charge in [0.25, 0.3) is 0 Å². The molecule has 136 valence electrons. The molecule has 0 aliphatic rings. The van der Waals surface area contributed by atoms with Gasteiger partial charge in [0.15, 0.2) is 11.7 Å². The van der Waals surface area contributed by atoms with Crippen LogP contribution in [0, 0.1) is 0 Å². The highest BCUT2D eigenvalue weighted by Gasteiger charge is 2.33. The summed E-state index contributed by atoms with van der Waals surface area (Å²) in [6.45, 7) is 2.65. The molecule has 2 aromatic rings. The van der Waals surface area contributed by atoms with Crippen molar-refractivity contribution in [1.82, 2.24) is 20.6 Å². The molecule has 2 heterocycles. The molecule has 1 unspecified atom stereocenters. The molecule has 0 aliphatic carbocycles. The lowest BCUT2D eigenvalue weighted by molar-refractivity contribution is -0.140. The van der Waals surface area contributed by atoms with Gasteiger partial charge in [0.1, 0.15) is 5.01 Å². The summed E-state index contributed by atoms with van der Waals surface area (Å²) in [6.07, 6.45) is -2.05. The molecule has 0 radical (unpaired) electrons. The smallest absolute Gasteiger partial charge is 0.387 e. The van der Waals surface area contributed by atoms with Crippen LogP contribution in [0.3, 0.4) is 0 Å². The first-order chi connectivity index (χ1) is 11.9. The fourth-order valence-corrected chi connectivity index (χ4v) is 2.62. The number of halogens is 3. The average molecular weight is 373 g/mol. The molecule has 0 fully saturated rings. The number of hydrogen-bond acceptors (Lipinski definition) is 5. The first-order valence-corrected chi connectivity index (χ1v) is 8.40. The summed E-state index contributed by atoms with van der Waals surface area (Å²) in [7, 11) is 0. The number of nitrogens with zero attached hydrogens (tertiary/aromatic N) is 3. The third-order valence-corrected chi connectivity index (χ3v) is 3.95. The summed E-state index contributed by atoms with van der Waals surface area (Å²) in [5.74, 6) is 0.388. The van der Waals surface area contributed by atoms with E-state index in [1.165, 1.54) is 0 Å². The van der Waals surface area contributed by atoms with Crippen molar-refractivity contribution in [1.29, 1.82) is 0 Å². The van der Waals surface area contributed by atoms with E-state index < -0.39 is 18.0 Å². The normalized spacial score (nSPS) is 13.6. The van der Waals surface area contributed by atoms with Crippen LogP contribution >= 0.6 is 11.3 Å². The summed E-state index contributed by atoms with van der Waals surface area (Å²) in [5.41, 5.74) is -0.207. The van der Waals surface area contributed by atoms with Gasteiger partial charge in [-0.1, -0.05) is 0 Å². The molecule has 0 saturated carbocycles. The van der Waals surface area contributed by atoms with Crippen LogP contribution < -0.4 is 10.6 Å². The molecule has 10 heteroatoms. The highest BCUT2D eigenvalue weighted by Crippen LogP contribution is 2.30. The Morgan fingerprint density at radius 3 is 2.64 bits per heavy atom. The number of aromatic nitrogens is 2. The molecule has 3 N–H and O–H groups in total. The minimum absolute atomic E-state index is 0.0153. The van der Waals surface area contributed by atoms with Crippen LogP contribution in [0.1, 0.15) is 29.3 Å². The molecule has 0 saturated heterocycles. The molecule has 0 spiro atoms. The number of aliphatic imine (C=N–C) groups is 1. The standard InChI is InChI=1S/C15H18F3N5OS/c1-2-20-14(21-7-11(24)10-3-5-19-6-4-10)22-8-13-23-12(9-25-13)15(16,17)18/h3-6,9,11,24H,2,7-8H2,1H3,(H2,20,21,22). The fraction of sp³-hybridized carbons (Fsp3) is 0.400.